The molecule has 1 aromatic carbocycles. The molecule has 0 spiro atoms. The fourth-order valence-electron chi connectivity index (χ4n) is 2.16. The number of aromatic nitrogens is 2. The average Bonchev–Trinajstić information content (AvgIpc) is 3.05. The minimum Gasteiger partial charge on any atom is -0.354 e. The van der Waals surface area contributed by atoms with Gasteiger partial charge in [0.15, 0.2) is 5.96 Å². The average molecular weight is 427 g/mol. The van der Waals surface area contributed by atoms with E-state index in [1.165, 1.54) is 11.1 Å². The number of hydrogen-bond donors (Lipinski definition) is 2. The first kappa shape index (κ1) is 19.5. The second-order valence-electron chi connectivity index (χ2n) is 5.35. The number of halogens is 1. The van der Waals surface area contributed by atoms with E-state index in [0.29, 0.717) is 6.04 Å². The molecular weight excluding hydrogens is 401 g/mol. The quantitative estimate of drug-likeness (QED) is 0.424. The Bertz CT molecular complexity index is 595. The van der Waals surface area contributed by atoms with Gasteiger partial charge in [0.25, 0.3) is 0 Å². The highest BCUT2D eigenvalue weighted by atomic mass is 127. The van der Waals surface area contributed by atoms with Crippen molar-refractivity contribution >= 4 is 29.9 Å². The molecule has 2 aromatic rings. The molecule has 1 atom stereocenters. The maximum atomic E-state index is 4.27. The third-order valence-corrected chi connectivity index (χ3v) is 3.68. The van der Waals surface area contributed by atoms with Crippen molar-refractivity contribution in [3.63, 3.8) is 0 Å². The normalized spacial score (nSPS) is 12.4. The van der Waals surface area contributed by atoms with Gasteiger partial charge in [0, 0.05) is 32.0 Å². The van der Waals surface area contributed by atoms with E-state index < -0.39 is 0 Å². The van der Waals surface area contributed by atoms with Crippen molar-refractivity contribution < 1.29 is 0 Å². The first-order valence-electron chi connectivity index (χ1n) is 7.74. The summed E-state index contributed by atoms with van der Waals surface area (Å²) in [6.07, 6.45) is 4.85. The molecule has 6 heteroatoms. The zero-order valence-electron chi connectivity index (χ0n) is 14.0. The molecule has 0 bridgehead atoms. The first-order valence-corrected chi connectivity index (χ1v) is 7.74. The van der Waals surface area contributed by atoms with E-state index >= 15 is 0 Å². The van der Waals surface area contributed by atoms with Crippen LogP contribution in [0.15, 0.2) is 47.7 Å². The van der Waals surface area contributed by atoms with Crippen molar-refractivity contribution in [3.8, 4) is 0 Å². The molecule has 0 aliphatic rings. The van der Waals surface area contributed by atoms with Crippen LogP contribution >= 0.6 is 24.0 Å². The molecule has 0 radical (unpaired) electrons. The van der Waals surface area contributed by atoms with Crippen LogP contribution in [0.2, 0.25) is 0 Å². The Labute approximate surface area is 155 Å². The number of rotatable bonds is 6. The Balaban J connectivity index is 0.00000264. The van der Waals surface area contributed by atoms with Gasteiger partial charge in [0.2, 0.25) is 0 Å². The summed E-state index contributed by atoms with van der Waals surface area (Å²) in [6.45, 7) is 5.83. The Morgan fingerprint density at radius 1 is 1.26 bits per heavy atom. The van der Waals surface area contributed by atoms with Crippen molar-refractivity contribution in [2.45, 2.75) is 39.4 Å². The molecule has 0 aliphatic heterocycles. The summed E-state index contributed by atoms with van der Waals surface area (Å²) in [5.74, 6) is 0.836. The number of benzene rings is 1. The molecule has 0 aliphatic carbocycles. The predicted octanol–water partition coefficient (Wildman–Crippen LogP) is 3.01. The fourth-order valence-corrected chi connectivity index (χ4v) is 2.16. The highest BCUT2D eigenvalue weighted by molar-refractivity contribution is 14.0. The number of nitrogens with zero attached hydrogens (tertiary/aromatic N) is 3. The Morgan fingerprint density at radius 3 is 2.61 bits per heavy atom. The van der Waals surface area contributed by atoms with Gasteiger partial charge in [-0.3, -0.25) is 9.67 Å². The lowest BCUT2D eigenvalue weighted by molar-refractivity contribution is 0.622. The maximum absolute atomic E-state index is 4.27. The highest BCUT2D eigenvalue weighted by Crippen LogP contribution is 2.10. The van der Waals surface area contributed by atoms with Gasteiger partial charge in [0.1, 0.15) is 0 Å². The first-order chi connectivity index (χ1) is 10.7. The monoisotopic (exact) mass is 427 g/mol. The van der Waals surface area contributed by atoms with Gasteiger partial charge in [-0.05, 0) is 30.5 Å². The van der Waals surface area contributed by atoms with E-state index in [9.17, 15) is 0 Å². The van der Waals surface area contributed by atoms with Crippen LogP contribution in [0.4, 0.5) is 0 Å². The molecule has 0 saturated carbocycles. The summed E-state index contributed by atoms with van der Waals surface area (Å²) in [4.78, 5) is 4.27. The van der Waals surface area contributed by atoms with Crippen molar-refractivity contribution in [2.24, 2.45) is 4.99 Å². The SMILES string of the molecule is CCC(C)NC(=NC)NCc1ccccc1Cn1cccn1.I. The minimum atomic E-state index is 0. The smallest absolute Gasteiger partial charge is 0.191 e. The molecule has 1 heterocycles. The molecule has 2 rings (SSSR count). The van der Waals surface area contributed by atoms with Gasteiger partial charge < -0.3 is 10.6 Å². The largest absolute Gasteiger partial charge is 0.354 e. The molecular formula is C17H26IN5. The lowest BCUT2D eigenvalue weighted by Crippen LogP contribution is -2.41. The summed E-state index contributed by atoms with van der Waals surface area (Å²) >= 11 is 0. The van der Waals surface area contributed by atoms with Crippen LogP contribution in [0.3, 0.4) is 0 Å². The van der Waals surface area contributed by atoms with Crippen molar-refractivity contribution in [1.82, 2.24) is 20.4 Å². The van der Waals surface area contributed by atoms with Crippen LogP contribution in [0.1, 0.15) is 31.4 Å². The van der Waals surface area contributed by atoms with Crippen molar-refractivity contribution in [2.75, 3.05) is 7.05 Å². The van der Waals surface area contributed by atoms with Crippen LogP contribution in [-0.4, -0.2) is 28.8 Å². The van der Waals surface area contributed by atoms with E-state index in [-0.39, 0.29) is 24.0 Å². The lowest BCUT2D eigenvalue weighted by atomic mass is 10.1. The minimum absolute atomic E-state index is 0. The maximum Gasteiger partial charge on any atom is 0.191 e. The third-order valence-electron chi connectivity index (χ3n) is 3.68. The summed E-state index contributed by atoms with van der Waals surface area (Å²) < 4.78 is 1.94. The summed E-state index contributed by atoms with van der Waals surface area (Å²) in [5, 5.41) is 11.0. The third kappa shape index (κ3) is 6.21. The van der Waals surface area contributed by atoms with Gasteiger partial charge >= 0.3 is 0 Å². The number of nitrogens with one attached hydrogen (secondary N) is 2. The predicted molar refractivity (Wildman–Crippen MR) is 106 cm³/mol. The molecule has 2 N–H and O–H groups in total. The van der Waals surface area contributed by atoms with E-state index in [4.69, 9.17) is 0 Å². The number of guanidine groups is 1. The number of hydrogen-bond acceptors (Lipinski definition) is 2. The van der Waals surface area contributed by atoms with Crippen molar-refractivity contribution in [3.05, 3.63) is 53.9 Å². The van der Waals surface area contributed by atoms with E-state index in [1.807, 2.05) is 16.9 Å². The van der Waals surface area contributed by atoms with Gasteiger partial charge in [0.05, 0.1) is 6.54 Å². The van der Waals surface area contributed by atoms with E-state index in [2.05, 4.69) is 58.8 Å². The molecule has 0 saturated heterocycles. The van der Waals surface area contributed by atoms with Crippen molar-refractivity contribution in [1.29, 1.82) is 0 Å². The van der Waals surface area contributed by atoms with Crippen LogP contribution < -0.4 is 10.6 Å². The van der Waals surface area contributed by atoms with Gasteiger partial charge in [-0.1, -0.05) is 31.2 Å². The van der Waals surface area contributed by atoms with E-state index in [0.717, 1.165) is 25.5 Å². The van der Waals surface area contributed by atoms with Gasteiger partial charge in [-0.15, -0.1) is 24.0 Å². The Hall–Kier alpha value is -1.57. The van der Waals surface area contributed by atoms with E-state index in [1.54, 1.807) is 13.2 Å². The van der Waals surface area contributed by atoms with Crippen LogP contribution in [-0.2, 0) is 13.1 Å². The summed E-state index contributed by atoms with van der Waals surface area (Å²) in [5.41, 5.74) is 2.52. The van der Waals surface area contributed by atoms with Crippen LogP contribution in [0.25, 0.3) is 0 Å². The Morgan fingerprint density at radius 2 is 2.00 bits per heavy atom. The lowest BCUT2D eigenvalue weighted by Gasteiger charge is -2.17. The standard InChI is InChI=1S/C17H25N5.HI/c1-4-14(2)21-17(18-3)19-12-15-8-5-6-9-16(15)13-22-11-7-10-20-22;/h5-11,14H,4,12-13H2,1-3H3,(H2,18,19,21);1H. The molecule has 0 fully saturated rings. The molecule has 126 valence electrons. The molecule has 5 nitrogen and oxygen atoms in total. The topological polar surface area (TPSA) is 54.2 Å². The zero-order chi connectivity index (χ0) is 15.8. The second-order valence-corrected chi connectivity index (χ2v) is 5.35. The van der Waals surface area contributed by atoms with Gasteiger partial charge in [-0.2, -0.15) is 5.10 Å². The zero-order valence-corrected chi connectivity index (χ0v) is 16.3. The molecule has 0 amide bonds. The molecule has 23 heavy (non-hydrogen) atoms. The highest BCUT2D eigenvalue weighted by Gasteiger charge is 2.06. The number of aliphatic imine (C=N–C) groups is 1. The second kappa shape index (κ2) is 10.3. The molecule has 1 unspecified atom stereocenters. The fraction of sp³-hybridized carbons (Fsp3) is 0.412. The van der Waals surface area contributed by atoms with Crippen LogP contribution in [0.5, 0.6) is 0 Å². The Kier molecular flexibility index (Phi) is 8.68. The van der Waals surface area contributed by atoms with Crippen LogP contribution in [0, 0.1) is 0 Å². The summed E-state index contributed by atoms with van der Waals surface area (Å²) in [7, 11) is 1.80. The van der Waals surface area contributed by atoms with Gasteiger partial charge in [-0.25, -0.2) is 0 Å². The molecule has 1 aromatic heterocycles. The summed E-state index contributed by atoms with van der Waals surface area (Å²) in [6, 6.07) is 10.8.